The van der Waals surface area contributed by atoms with Gasteiger partial charge in [0.2, 0.25) is 0 Å². The average Bonchev–Trinajstić information content (AvgIpc) is 3.38. The maximum Gasteiger partial charge on any atom is 0.274 e. The van der Waals surface area contributed by atoms with Crippen LogP contribution in [-0.4, -0.2) is 37.6 Å². The number of carbonyl (C=O) groups excluding carboxylic acids is 1. The minimum Gasteiger partial charge on any atom is -0.497 e. The Morgan fingerprint density at radius 3 is 2.43 bits per heavy atom. The van der Waals surface area contributed by atoms with Crippen molar-refractivity contribution in [2.24, 2.45) is 7.05 Å². The van der Waals surface area contributed by atoms with Crippen LogP contribution in [0.4, 0.5) is 0 Å². The molecule has 0 aliphatic heterocycles. The number of nitrogens with zero attached hydrogens (tertiary/aromatic N) is 5. The number of methoxy groups -OCH3 is 1. The molecule has 0 radical (unpaired) electrons. The van der Waals surface area contributed by atoms with E-state index in [9.17, 15) is 4.79 Å². The molecule has 8 heteroatoms. The van der Waals surface area contributed by atoms with Gasteiger partial charge in [0.05, 0.1) is 18.5 Å². The van der Waals surface area contributed by atoms with Crippen LogP contribution in [0.1, 0.15) is 33.6 Å². The first kappa shape index (κ1) is 19.4. The van der Waals surface area contributed by atoms with Gasteiger partial charge in [-0.05, 0) is 36.8 Å². The molecule has 0 bridgehead atoms. The number of imidazole rings is 1. The number of hydrogen-bond donors (Lipinski definition) is 1. The number of carbonyl (C=O) groups is 1. The Morgan fingerprint density at radius 1 is 1.07 bits per heavy atom. The number of amides is 1. The lowest BCUT2D eigenvalue weighted by Gasteiger charge is -2.19. The Hall–Kier alpha value is -3.94. The molecule has 0 fully saturated rings. The van der Waals surface area contributed by atoms with Gasteiger partial charge in [0, 0.05) is 19.4 Å². The minimum atomic E-state index is -0.454. The molecule has 2 heterocycles. The molecule has 0 spiro atoms. The van der Waals surface area contributed by atoms with Crippen LogP contribution >= 0.6 is 0 Å². The Bertz CT molecular complexity index is 1150. The van der Waals surface area contributed by atoms with Crippen LogP contribution < -0.4 is 10.1 Å². The zero-order chi connectivity index (χ0) is 21.1. The standard InChI is InChI=1S/C22H22N6O2/c1-15-19(26-28(25-15)17-7-5-4-6-8-17)22(29)24-20(21-23-13-14-27(21)2)16-9-11-18(30-3)12-10-16/h4-14,20H,1-3H3,(H,24,29)/t20-/m0/s1. The number of rotatable bonds is 6. The summed E-state index contributed by atoms with van der Waals surface area (Å²) in [5.41, 5.74) is 2.48. The second-order valence-corrected chi connectivity index (χ2v) is 6.83. The second kappa shape index (κ2) is 8.20. The van der Waals surface area contributed by atoms with Crippen molar-refractivity contribution in [1.29, 1.82) is 0 Å². The highest BCUT2D eigenvalue weighted by atomic mass is 16.5. The average molecular weight is 402 g/mol. The number of para-hydroxylation sites is 1. The van der Waals surface area contributed by atoms with Gasteiger partial charge in [-0.15, -0.1) is 5.10 Å². The van der Waals surface area contributed by atoms with Crippen LogP contribution in [0.3, 0.4) is 0 Å². The van der Waals surface area contributed by atoms with E-state index in [0.717, 1.165) is 17.0 Å². The third kappa shape index (κ3) is 3.80. The first-order chi connectivity index (χ1) is 14.6. The van der Waals surface area contributed by atoms with Gasteiger partial charge in [-0.1, -0.05) is 30.3 Å². The molecule has 2 aromatic heterocycles. The van der Waals surface area contributed by atoms with Crippen LogP contribution in [0.15, 0.2) is 67.0 Å². The summed E-state index contributed by atoms with van der Waals surface area (Å²) >= 11 is 0. The minimum absolute atomic E-state index is 0.270. The Kier molecular flexibility index (Phi) is 5.30. The summed E-state index contributed by atoms with van der Waals surface area (Å²) in [4.78, 5) is 19.0. The van der Waals surface area contributed by atoms with E-state index in [2.05, 4.69) is 20.5 Å². The van der Waals surface area contributed by atoms with E-state index in [0.29, 0.717) is 11.5 Å². The zero-order valence-corrected chi connectivity index (χ0v) is 17.0. The Morgan fingerprint density at radius 2 is 1.80 bits per heavy atom. The molecule has 0 aliphatic carbocycles. The van der Waals surface area contributed by atoms with Gasteiger partial charge in [-0.2, -0.15) is 9.90 Å². The number of ether oxygens (including phenoxy) is 1. The highest BCUT2D eigenvalue weighted by Crippen LogP contribution is 2.23. The predicted molar refractivity (Wildman–Crippen MR) is 112 cm³/mol. The van der Waals surface area contributed by atoms with Crippen molar-refractivity contribution in [3.8, 4) is 11.4 Å². The highest BCUT2D eigenvalue weighted by molar-refractivity contribution is 5.93. The van der Waals surface area contributed by atoms with E-state index in [-0.39, 0.29) is 11.6 Å². The fourth-order valence-corrected chi connectivity index (χ4v) is 3.21. The van der Waals surface area contributed by atoms with Crippen molar-refractivity contribution in [1.82, 2.24) is 29.9 Å². The van der Waals surface area contributed by atoms with E-state index < -0.39 is 6.04 Å². The molecule has 1 amide bonds. The summed E-state index contributed by atoms with van der Waals surface area (Å²) in [7, 11) is 3.51. The number of hydrogen-bond acceptors (Lipinski definition) is 5. The zero-order valence-electron chi connectivity index (χ0n) is 17.0. The molecule has 0 saturated carbocycles. The number of benzene rings is 2. The Balaban J connectivity index is 1.65. The molecule has 2 aromatic carbocycles. The van der Waals surface area contributed by atoms with Crippen LogP contribution in [0, 0.1) is 6.92 Å². The van der Waals surface area contributed by atoms with E-state index in [4.69, 9.17) is 4.74 Å². The molecule has 30 heavy (non-hydrogen) atoms. The summed E-state index contributed by atoms with van der Waals surface area (Å²) < 4.78 is 7.12. The van der Waals surface area contributed by atoms with Crippen molar-refractivity contribution in [2.75, 3.05) is 7.11 Å². The first-order valence-electron chi connectivity index (χ1n) is 9.48. The maximum absolute atomic E-state index is 13.1. The molecule has 0 unspecified atom stereocenters. The van der Waals surface area contributed by atoms with Crippen molar-refractivity contribution in [2.45, 2.75) is 13.0 Å². The van der Waals surface area contributed by atoms with E-state index in [1.807, 2.05) is 72.4 Å². The summed E-state index contributed by atoms with van der Waals surface area (Å²) in [6, 6.07) is 16.6. The molecule has 8 nitrogen and oxygen atoms in total. The fourth-order valence-electron chi connectivity index (χ4n) is 3.21. The Labute approximate surface area is 174 Å². The molecular formula is C22H22N6O2. The van der Waals surface area contributed by atoms with Crippen molar-refractivity contribution in [3.05, 3.63) is 89.8 Å². The van der Waals surface area contributed by atoms with Crippen LogP contribution in [0.2, 0.25) is 0 Å². The van der Waals surface area contributed by atoms with Crippen molar-refractivity contribution in [3.63, 3.8) is 0 Å². The van der Waals surface area contributed by atoms with Crippen LogP contribution in [0.5, 0.6) is 5.75 Å². The van der Waals surface area contributed by atoms with Crippen LogP contribution in [-0.2, 0) is 7.05 Å². The van der Waals surface area contributed by atoms with Gasteiger partial charge in [0.15, 0.2) is 5.69 Å². The van der Waals surface area contributed by atoms with Crippen LogP contribution in [0.25, 0.3) is 5.69 Å². The fraction of sp³-hybridized carbons (Fsp3) is 0.182. The van der Waals surface area contributed by atoms with Gasteiger partial charge >= 0.3 is 0 Å². The van der Waals surface area contributed by atoms with E-state index in [1.54, 1.807) is 20.2 Å². The SMILES string of the molecule is COc1ccc([C@H](NC(=O)c2nn(-c3ccccc3)nc2C)c2nccn2C)cc1. The third-order valence-corrected chi connectivity index (χ3v) is 4.83. The van der Waals surface area contributed by atoms with Gasteiger partial charge in [0.1, 0.15) is 17.6 Å². The predicted octanol–water partition coefficient (Wildman–Crippen LogP) is 2.84. The maximum atomic E-state index is 13.1. The summed E-state index contributed by atoms with van der Waals surface area (Å²) in [6.07, 6.45) is 3.55. The van der Waals surface area contributed by atoms with Crippen molar-refractivity contribution >= 4 is 5.91 Å². The molecule has 0 saturated heterocycles. The second-order valence-electron chi connectivity index (χ2n) is 6.83. The number of aryl methyl sites for hydroxylation is 2. The highest BCUT2D eigenvalue weighted by Gasteiger charge is 2.24. The summed E-state index contributed by atoms with van der Waals surface area (Å²) in [6.45, 7) is 1.77. The van der Waals surface area contributed by atoms with Crippen molar-refractivity contribution < 1.29 is 9.53 Å². The molecule has 4 aromatic rings. The summed E-state index contributed by atoms with van der Waals surface area (Å²) in [5, 5.41) is 11.9. The smallest absolute Gasteiger partial charge is 0.274 e. The first-order valence-corrected chi connectivity index (χ1v) is 9.48. The monoisotopic (exact) mass is 402 g/mol. The normalized spacial score (nSPS) is 11.8. The van der Waals surface area contributed by atoms with Gasteiger partial charge in [0.25, 0.3) is 5.91 Å². The molecule has 0 aliphatic rings. The largest absolute Gasteiger partial charge is 0.497 e. The number of nitrogens with one attached hydrogen (secondary N) is 1. The summed E-state index contributed by atoms with van der Waals surface area (Å²) in [5.74, 6) is 1.13. The van der Waals surface area contributed by atoms with Gasteiger partial charge in [-0.3, -0.25) is 4.79 Å². The molecule has 1 N–H and O–H groups in total. The third-order valence-electron chi connectivity index (χ3n) is 4.83. The van der Waals surface area contributed by atoms with Gasteiger partial charge < -0.3 is 14.6 Å². The molecule has 4 rings (SSSR count). The topological polar surface area (TPSA) is 86.9 Å². The van der Waals surface area contributed by atoms with Gasteiger partial charge in [-0.25, -0.2) is 4.98 Å². The van der Waals surface area contributed by atoms with E-state index >= 15 is 0 Å². The lowest BCUT2D eigenvalue weighted by Crippen LogP contribution is -2.31. The number of aromatic nitrogens is 5. The van der Waals surface area contributed by atoms with E-state index in [1.165, 1.54) is 4.80 Å². The molecular weight excluding hydrogens is 380 g/mol. The lowest BCUT2D eigenvalue weighted by molar-refractivity contribution is 0.0935. The quantitative estimate of drug-likeness (QED) is 0.536. The lowest BCUT2D eigenvalue weighted by atomic mass is 10.1. The molecule has 1 atom stereocenters. The molecule has 152 valence electrons.